The van der Waals surface area contributed by atoms with Crippen LogP contribution in [0, 0.1) is 5.41 Å². The monoisotopic (exact) mass is 290 g/mol. The molecule has 5 nitrogen and oxygen atoms in total. The lowest BCUT2D eigenvalue weighted by Gasteiger charge is -2.37. The zero-order valence-electron chi connectivity index (χ0n) is 12.3. The minimum Gasteiger partial charge on any atom is -0.337 e. The quantitative estimate of drug-likeness (QED) is 0.572. The van der Waals surface area contributed by atoms with E-state index >= 15 is 0 Å². The van der Waals surface area contributed by atoms with Gasteiger partial charge in [-0.05, 0) is 31.8 Å². The van der Waals surface area contributed by atoms with E-state index in [0.717, 1.165) is 38.5 Å². The van der Waals surface area contributed by atoms with Crippen molar-refractivity contribution in [1.29, 1.82) is 0 Å². The van der Waals surface area contributed by atoms with E-state index in [0.29, 0.717) is 19.5 Å². The van der Waals surface area contributed by atoms with Gasteiger partial charge in [0.2, 0.25) is 17.7 Å². The molecule has 0 bridgehead atoms. The van der Waals surface area contributed by atoms with Crippen LogP contribution < -0.4 is 0 Å². The highest BCUT2D eigenvalue weighted by Crippen LogP contribution is 2.47. The molecule has 0 aromatic rings. The maximum Gasteiger partial charge on any atom is 0.246 e. The normalized spacial score (nSPS) is 28.5. The minimum atomic E-state index is -0.415. The van der Waals surface area contributed by atoms with E-state index < -0.39 is 5.41 Å². The van der Waals surface area contributed by atoms with Gasteiger partial charge in [0.1, 0.15) is 0 Å². The summed E-state index contributed by atoms with van der Waals surface area (Å²) in [6.07, 6.45) is 7.07. The average Bonchev–Trinajstić information content (AvgIpc) is 3.05. The Hall–Kier alpha value is -1.65. The Morgan fingerprint density at radius 3 is 2.62 bits per heavy atom. The molecule has 114 valence electrons. The Labute approximate surface area is 125 Å². The number of carbonyl (C=O) groups excluding carboxylic acids is 3. The molecule has 0 radical (unpaired) electrons. The number of imide groups is 1. The fourth-order valence-electron chi connectivity index (χ4n) is 4.13. The van der Waals surface area contributed by atoms with Gasteiger partial charge in [0.25, 0.3) is 0 Å². The molecule has 2 heterocycles. The molecule has 21 heavy (non-hydrogen) atoms. The first-order chi connectivity index (χ1) is 10.1. The number of carbonyl (C=O) groups is 3. The number of rotatable bonds is 2. The van der Waals surface area contributed by atoms with Gasteiger partial charge in [-0.3, -0.25) is 19.3 Å². The lowest BCUT2D eigenvalue weighted by Crippen LogP contribution is -2.52. The molecule has 5 heteroatoms. The second kappa shape index (κ2) is 5.28. The molecular formula is C16H22N2O3. The fraction of sp³-hybridized carbons (Fsp3) is 0.688. The van der Waals surface area contributed by atoms with Crippen LogP contribution >= 0.6 is 0 Å². The standard InChI is InChI=1S/C16H22N2O3/c1-2-13(19)17-9-5-6-12(11-17)18-14(20)10-16(15(18)21)7-3-4-8-16/h2,12H,1,3-11H2. The highest BCUT2D eigenvalue weighted by atomic mass is 16.2. The van der Waals surface area contributed by atoms with E-state index in [4.69, 9.17) is 0 Å². The highest BCUT2D eigenvalue weighted by molar-refractivity contribution is 6.06. The maximum atomic E-state index is 12.8. The van der Waals surface area contributed by atoms with E-state index in [1.807, 2.05) is 0 Å². The van der Waals surface area contributed by atoms with Crippen LogP contribution in [0.4, 0.5) is 0 Å². The van der Waals surface area contributed by atoms with Gasteiger partial charge in [0.15, 0.2) is 0 Å². The largest absolute Gasteiger partial charge is 0.337 e. The Bertz CT molecular complexity index is 494. The Morgan fingerprint density at radius 1 is 1.24 bits per heavy atom. The number of hydrogen-bond acceptors (Lipinski definition) is 3. The van der Waals surface area contributed by atoms with Crippen molar-refractivity contribution in [2.45, 2.75) is 51.0 Å². The van der Waals surface area contributed by atoms with Gasteiger partial charge in [-0.15, -0.1) is 0 Å². The summed E-state index contributed by atoms with van der Waals surface area (Å²) < 4.78 is 0. The summed E-state index contributed by atoms with van der Waals surface area (Å²) in [5.74, 6) is -0.142. The molecule has 1 saturated carbocycles. The molecule has 2 saturated heterocycles. The molecule has 3 rings (SSSR count). The van der Waals surface area contributed by atoms with E-state index in [1.54, 1.807) is 4.90 Å². The van der Waals surface area contributed by atoms with Crippen LogP contribution in [0.3, 0.4) is 0 Å². The van der Waals surface area contributed by atoms with Crippen molar-refractivity contribution < 1.29 is 14.4 Å². The molecule has 0 N–H and O–H groups in total. The van der Waals surface area contributed by atoms with Crippen molar-refractivity contribution in [1.82, 2.24) is 9.80 Å². The summed E-state index contributed by atoms with van der Waals surface area (Å²) in [6.45, 7) is 4.65. The number of piperidine rings is 1. The predicted octanol–water partition coefficient (Wildman–Crippen LogP) is 1.48. The van der Waals surface area contributed by atoms with Crippen LogP contribution in [-0.4, -0.2) is 46.7 Å². The van der Waals surface area contributed by atoms with E-state index in [-0.39, 0.29) is 23.8 Å². The third-order valence-corrected chi connectivity index (χ3v) is 5.24. The van der Waals surface area contributed by atoms with Crippen molar-refractivity contribution in [2.75, 3.05) is 13.1 Å². The molecule has 2 aliphatic heterocycles. The summed E-state index contributed by atoms with van der Waals surface area (Å²) in [6, 6.07) is -0.150. The molecule has 3 fully saturated rings. The molecule has 1 atom stereocenters. The van der Waals surface area contributed by atoms with Gasteiger partial charge in [0, 0.05) is 19.5 Å². The first-order valence-corrected chi connectivity index (χ1v) is 7.85. The fourth-order valence-corrected chi connectivity index (χ4v) is 4.13. The molecule has 3 amide bonds. The predicted molar refractivity (Wildman–Crippen MR) is 77.2 cm³/mol. The SMILES string of the molecule is C=CC(=O)N1CCCC(N2C(=O)CC3(CCCC3)C2=O)C1. The topological polar surface area (TPSA) is 57.7 Å². The van der Waals surface area contributed by atoms with Crippen LogP contribution in [0.15, 0.2) is 12.7 Å². The first-order valence-electron chi connectivity index (χ1n) is 7.85. The van der Waals surface area contributed by atoms with Gasteiger partial charge in [-0.1, -0.05) is 19.4 Å². The van der Waals surface area contributed by atoms with Crippen LogP contribution in [0.1, 0.15) is 44.9 Å². The molecule has 1 unspecified atom stereocenters. The van der Waals surface area contributed by atoms with Gasteiger partial charge >= 0.3 is 0 Å². The van der Waals surface area contributed by atoms with Gasteiger partial charge in [0.05, 0.1) is 11.5 Å². The Morgan fingerprint density at radius 2 is 1.95 bits per heavy atom. The molecule has 1 spiro atoms. The van der Waals surface area contributed by atoms with Crippen LogP contribution in [0.2, 0.25) is 0 Å². The zero-order valence-corrected chi connectivity index (χ0v) is 12.3. The van der Waals surface area contributed by atoms with Crippen molar-refractivity contribution in [2.24, 2.45) is 5.41 Å². The lowest BCUT2D eigenvalue weighted by molar-refractivity contribution is -0.147. The first kappa shape index (κ1) is 14.3. The smallest absolute Gasteiger partial charge is 0.246 e. The molecule has 3 aliphatic rings. The van der Waals surface area contributed by atoms with Crippen LogP contribution in [0.5, 0.6) is 0 Å². The molecule has 0 aromatic carbocycles. The number of nitrogens with zero attached hydrogens (tertiary/aromatic N) is 2. The third kappa shape index (κ3) is 2.28. The van der Waals surface area contributed by atoms with Gasteiger partial charge in [-0.25, -0.2) is 0 Å². The van der Waals surface area contributed by atoms with Crippen molar-refractivity contribution in [3.8, 4) is 0 Å². The van der Waals surface area contributed by atoms with Crippen molar-refractivity contribution in [3.05, 3.63) is 12.7 Å². The number of hydrogen-bond donors (Lipinski definition) is 0. The minimum absolute atomic E-state index is 0.0166. The average molecular weight is 290 g/mol. The number of amides is 3. The van der Waals surface area contributed by atoms with Gasteiger partial charge in [-0.2, -0.15) is 0 Å². The zero-order chi connectivity index (χ0) is 15.0. The van der Waals surface area contributed by atoms with E-state index in [2.05, 4.69) is 6.58 Å². The molecular weight excluding hydrogens is 268 g/mol. The van der Waals surface area contributed by atoms with Crippen molar-refractivity contribution >= 4 is 17.7 Å². The Balaban J connectivity index is 1.77. The maximum absolute atomic E-state index is 12.8. The van der Waals surface area contributed by atoms with Crippen LogP contribution in [-0.2, 0) is 14.4 Å². The van der Waals surface area contributed by atoms with Crippen molar-refractivity contribution in [3.63, 3.8) is 0 Å². The second-order valence-corrected chi connectivity index (χ2v) is 6.52. The Kier molecular flexibility index (Phi) is 3.59. The van der Waals surface area contributed by atoms with Crippen LogP contribution in [0.25, 0.3) is 0 Å². The van der Waals surface area contributed by atoms with E-state index in [9.17, 15) is 14.4 Å². The lowest BCUT2D eigenvalue weighted by atomic mass is 9.84. The highest BCUT2D eigenvalue weighted by Gasteiger charge is 2.54. The second-order valence-electron chi connectivity index (χ2n) is 6.52. The summed E-state index contributed by atoms with van der Waals surface area (Å²) in [7, 11) is 0. The third-order valence-electron chi connectivity index (χ3n) is 5.24. The van der Waals surface area contributed by atoms with E-state index in [1.165, 1.54) is 11.0 Å². The summed E-state index contributed by atoms with van der Waals surface area (Å²) >= 11 is 0. The molecule has 0 aromatic heterocycles. The summed E-state index contributed by atoms with van der Waals surface area (Å²) in [4.78, 5) is 40.1. The number of likely N-dealkylation sites (tertiary alicyclic amines) is 2. The summed E-state index contributed by atoms with van der Waals surface area (Å²) in [5, 5.41) is 0. The molecule has 1 aliphatic carbocycles. The van der Waals surface area contributed by atoms with Gasteiger partial charge < -0.3 is 4.90 Å². The summed E-state index contributed by atoms with van der Waals surface area (Å²) in [5.41, 5.74) is -0.415.